The van der Waals surface area contributed by atoms with Gasteiger partial charge in [0.25, 0.3) is 5.91 Å². The van der Waals surface area contributed by atoms with Crippen molar-refractivity contribution in [1.82, 2.24) is 10.2 Å². The smallest absolute Gasteiger partial charge is 0.416 e. The van der Waals surface area contributed by atoms with E-state index < -0.39 is 35.7 Å². The van der Waals surface area contributed by atoms with Crippen molar-refractivity contribution in [3.8, 4) is 0 Å². The molecule has 5 nitrogen and oxygen atoms in total. The summed E-state index contributed by atoms with van der Waals surface area (Å²) >= 11 is 12.0. The zero-order chi connectivity index (χ0) is 22.1. The van der Waals surface area contributed by atoms with Crippen molar-refractivity contribution < 1.29 is 27.9 Å². The van der Waals surface area contributed by atoms with E-state index in [0.29, 0.717) is 22.0 Å². The molecule has 2 aromatic rings. The van der Waals surface area contributed by atoms with Crippen LogP contribution in [0.4, 0.5) is 18.0 Å². The van der Waals surface area contributed by atoms with Crippen molar-refractivity contribution in [3.63, 3.8) is 0 Å². The largest absolute Gasteiger partial charge is 0.465 e. The van der Waals surface area contributed by atoms with Crippen LogP contribution in [0.3, 0.4) is 0 Å². The van der Waals surface area contributed by atoms with Crippen LogP contribution in [-0.4, -0.2) is 41.1 Å². The molecular formula is C20H17Cl2F3N2O3. The van der Waals surface area contributed by atoms with Crippen LogP contribution in [0.5, 0.6) is 0 Å². The third-order valence-electron chi connectivity index (χ3n) is 5.05. The van der Waals surface area contributed by atoms with E-state index in [4.69, 9.17) is 23.2 Å². The van der Waals surface area contributed by atoms with E-state index in [2.05, 4.69) is 5.32 Å². The van der Waals surface area contributed by atoms with Gasteiger partial charge in [-0.25, -0.2) is 4.79 Å². The second-order valence-corrected chi connectivity index (χ2v) is 7.77. The van der Waals surface area contributed by atoms with E-state index in [1.54, 1.807) is 18.2 Å². The van der Waals surface area contributed by atoms with E-state index in [1.165, 1.54) is 4.90 Å². The Kier molecular flexibility index (Phi) is 6.47. The second kappa shape index (κ2) is 8.73. The summed E-state index contributed by atoms with van der Waals surface area (Å²) < 4.78 is 38.2. The van der Waals surface area contributed by atoms with Gasteiger partial charge in [0.2, 0.25) is 0 Å². The fourth-order valence-corrected chi connectivity index (χ4v) is 3.75. The van der Waals surface area contributed by atoms with Gasteiger partial charge in [-0.2, -0.15) is 13.2 Å². The number of likely N-dealkylation sites (tertiary alicyclic amines) is 1. The summed E-state index contributed by atoms with van der Waals surface area (Å²) in [6.07, 6.45) is -5.23. The van der Waals surface area contributed by atoms with Gasteiger partial charge in [0.15, 0.2) is 0 Å². The topological polar surface area (TPSA) is 69.6 Å². The van der Waals surface area contributed by atoms with Gasteiger partial charge in [-0.3, -0.25) is 4.79 Å². The Morgan fingerprint density at radius 3 is 2.30 bits per heavy atom. The summed E-state index contributed by atoms with van der Waals surface area (Å²) in [6, 6.07) is 8.40. The molecule has 2 atom stereocenters. The lowest BCUT2D eigenvalue weighted by Gasteiger charge is -2.38. The predicted octanol–water partition coefficient (Wildman–Crippen LogP) is 5.28. The zero-order valence-electron chi connectivity index (χ0n) is 15.4. The number of carbonyl (C=O) groups excluding carboxylic acids is 1. The first-order valence-corrected chi connectivity index (χ1v) is 9.73. The highest BCUT2D eigenvalue weighted by atomic mass is 35.5. The predicted molar refractivity (Wildman–Crippen MR) is 106 cm³/mol. The summed E-state index contributed by atoms with van der Waals surface area (Å²) in [5.74, 6) is -0.939. The molecule has 3 rings (SSSR count). The molecule has 1 heterocycles. The van der Waals surface area contributed by atoms with Gasteiger partial charge in [0, 0.05) is 30.6 Å². The molecule has 1 aliphatic heterocycles. The maximum Gasteiger partial charge on any atom is 0.416 e. The molecule has 10 heteroatoms. The Hall–Kier alpha value is -2.45. The van der Waals surface area contributed by atoms with Gasteiger partial charge in [0.1, 0.15) is 0 Å². The number of carboxylic acid groups (broad SMARTS) is 1. The Balaban J connectivity index is 1.82. The lowest BCUT2D eigenvalue weighted by Crippen LogP contribution is -2.51. The summed E-state index contributed by atoms with van der Waals surface area (Å²) in [7, 11) is 0. The normalized spacial score (nSPS) is 19.4. The maximum atomic E-state index is 12.7. The van der Waals surface area contributed by atoms with Crippen LogP contribution < -0.4 is 5.32 Å². The minimum Gasteiger partial charge on any atom is -0.465 e. The molecule has 0 spiro atoms. The van der Waals surface area contributed by atoms with Gasteiger partial charge in [-0.1, -0.05) is 29.3 Å². The van der Waals surface area contributed by atoms with Crippen molar-refractivity contribution in [2.24, 2.45) is 0 Å². The minimum atomic E-state index is -4.49. The summed E-state index contributed by atoms with van der Waals surface area (Å²) in [6.45, 7) is 0.344. The van der Waals surface area contributed by atoms with Crippen molar-refractivity contribution in [1.29, 1.82) is 0 Å². The molecule has 0 radical (unpaired) electrons. The van der Waals surface area contributed by atoms with E-state index >= 15 is 0 Å². The molecule has 1 saturated heterocycles. The number of benzene rings is 2. The van der Waals surface area contributed by atoms with Crippen LogP contribution in [0.1, 0.15) is 33.8 Å². The van der Waals surface area contributed by atoms with Crippen LogP contribution in [0.2, 0.25) is 10.0 Å². The molecule has 1 fully saturated rings. The van der Waals surface area contributed by atoms with Crippen LogP contribution in [-0.2, 0) is 6.18 Å². The number of hydrogen-bond acceptors (Lipinski definition) is 2. The van der Waals surface area contributed by atoms with E-state index in [1.807, 2.05) is 0 Å². The average Bonchev–Trinajstić information content (AvgIpc) is 2.69. The number of nitrogens with zero attached hydrogens (tertiary/aromatic N) is 1. The van der Waals surface area contributed by atoms with Gasteiger partial charge in [0.05, 0.1) is 15.6 Å². The fraction of sp³-hybridized carbons (Fsp3) is 0.300. The molecule has 0 bridgehead atoms. The van der Waals surface area contributed by atoms with Crippen LogP contribution in [0.15, 0.2) is 42.5 Å². The number of amides is 2. The standard InChI is InChI=1S/C20H17Cl2F3N2O3/c21-15-6-3-12(9-16(15)22)14-10-27(19(29)30)8-7-17(14)26-18(28)11-1-4-13(5-2-11)20(23,24)25/h1-6,9,14,17H,7-8,10H2,(H,26,28)(H,29,30)/t14-,17+/m0/s1. The molecule has 30 heavy (non-hydrogen) atoms. The first kappa shape index (κ1) is 22.2. The molecule has 2 aromatic carbocycles. The molecule has 0 aliphatic carbocycles. The lowest BCUT2D eigenvalue weighted by atomic mass is 9.86. The van der Waals surface area contributed by atoms with Crippen molar-refractivity contribution in [2.45, 2.75) is 24.6 Å². The van der Waals surface area contributed by atoms with E-state index in [-0.39, 0.29) is 18.7 Å². The Bertz CT molecular complexity index is 951. The summed E-state index contributed by atoms with van der Waals surface area (Å²) in [4.78, 5) is 25.3. The third kappa shape index (κ3) is 4.99. The number of rotatable bonds is 3. The minimum absolute atomic E-state index is 0.0801. The molecule has 2 N–H and O–H groups in total. The molecule has 0 aromatic heterocycles. The zero-order valence-corrected chi connectivity index (χ0v) is 16.9. The molecule has 2 amide bonds. The van der Waals surface area contributed by atoms with Crippen molar-refractivity contribution in [2.75, 3.05) is 13.1 Å². The van der Waals surface area contributed by atoms with Crippen LogP contribution in [0, 0.1) is 0 Å². The first-order chi connectivity index (χ1) is 14.1. The molecule has 0 unspecified atom stereocenters. The molecule has 0 saturated carbocycles. The van der Waals surface area contributed by atoms with Crippen molar-refractivity contribution in [3.05, 3.63) is 69.2 Å². The number of piperidine rings is 1. The number of alkyl halides is 3. The van der Waals surface area contributed by atoms with Crippen molar-refractivity contribution >= 4 is 35.2 Å². The van der Waals surface area contributed by atoms with Gasteiger partial charge >= 0.3 is 12.3 Å². The van der Waals surface area contributed by atoms with Crippen LogP contribution >= 0.6 is 23.2 Å². The van der Waals surface area contributed by atoms with Gasteiger partial charge in [-0.15, -0.1) is 0 Å². The Morgan fingerprint density at radius 2 is 1.73 bits per heavy atom. The number of carbonyl (C=O) groups is 2. The van der Waals surface area contributed by atoms with Gasteiger partial charge in [-0.05, 0) is 48.4 Å². The van der Waals surface area contributed by atoms with E-state index in [0.717, 1.165) is 24.3 Å². The lowest BCUT2D eigenvalue weighted by molar-refractivity contribution is -0.137. The fourth-order valence-electron chi connectivity index (χ4n) is 3.44. The molecule has 1 aliphatic rings. The maximum absolute atomic E-state index is 12.7. The highest BCUT2D eigenvalue weighted by Gasteiger charge is 2.34. The summed E-state index contributed by atoms with van der Waals surface area (Å²) in [5.41, 5.74) is -0.0629. The van der Waals surface area contributed by atoms with Crippen LogP contribution in [0.25, 0.3) is 0 Å². The first-order valence-electron chi connectivity index (χ1n) is 8.97. The molecule has 160 valence electrons. The second-order valence-electron chi connectivity index (χ2n) is 6.95. The summed E-state index contributed by atoms with van der Waals surface area (Å²) in [5, 5.41) is 12.8. The number of hydrogen-bond donors (Lipinski definition) is 2. The molecular weight excluding hydrogens is 444 g/mol. The highest BCUT2D eigenvalue weighted by molar-refractivity contribution is 6.42. The third-order valence-corrected chi connectivity index (χ3v) is 5.79. The SMILES string of the molecule is O=C(N[C@@H]1CCN(C(=O)O)C[C@H]1c1ccc(Cl)c(Cl)c1)c1ccc(C(F)(F)F)cc1. The number of halogens is 5. The van der Waals surface area contributed by atoms with E-state index in [9.17, 15) is 27.9 Å². The van der Waals surface area contributed by atoms with Gasteiger partial charge < -0.3 is 15.3 Å². The number of nitrogens with one attached hydrogen (secondary N) is 1. The highest BCUT2D eigenvalue weighted by Crippen LogP contribution is 2.33. The average molecular weight is 461 g/mol. The Labute approximate surface area is 180 Å². The quantitative estimate of drug-likeness (QED) is 0.654. The Morgan fingerprint density at radius 1 is 1.07 bits per heavy atom. The monoisotopic (exact) mass is 460 g/mol.